The molecule has 3 aromatic carbocycles. The first-order valence-corrected chi connectivity index (χ1v) is 12.9. The Kier molecular flexibility index (Phi) is 5.91. The van der Waals surface area contributed by atoms with Crippen LogP contribution in [0.1, 0.15) is 40.0 Å². The van der Waals surface area contributed by atoms with Gasteiger partial charge in [0.05, 0.1) is 34.5 Å². The minimum atomic E-state index is -1.05. The van der Waals surface area contributed by atoms with Crippen LogP contribution in [0.15, 0.2) is 66.2 Å². The molecular weight excluding hydrogens is 523 g/mol. The van der Waals surface area contributed by atoms with Crippen molar-refractivity contribution in [2.24, 2.45) is 0 Å². The highest BCUT2D eigenvalue weighted by Crippen LogP contribution is 2.45. The van der Waals surface area contributed by atoms with Crippen molar-refractivity contribution < 1.29 is 33.4 Å². The lowest BCUT2D eigenvalue weighted by atomic mass is 9.94. The fourth-order valence-corrected chi connectivity index (χ4v) is 6.00. The lowest BCUT2D eigenvalue weighted by Gasteiger charge is -2.23. The topological polar surface area (TPSA) is 106 Å². The van der Waals surface area contributed by atoms with E-state index in [4.69, 9.17) is 9.47 Å². The summed E-state index contributed by atoms with van der Waals surface area (Å²) in [5.74, 6) is -2.40. The van der Waals surface area contributed by atoms with E-state index in [1.807, 2.05) is 6.92 Å². The molecule has 6 rings (SSSR count). The largest absolute Gasteiger partial charge is 0.507 e. The molecule has 0 unspecified atom stereocenters. The van der Waals surface area contributed by atoms with Gasteiger partial charge in [-0.2, -0.15) is 0 Å². The zero-order chi connectivity index (χ0) is 27.4. The number of carbonyl (C=O) groups excluding carboxylic acids is 3. The maximum absolute atomic E-state index is 13.9. The zero-order valence-corrected chi connectivity index (χ0v) is 21.6. The molecule has 1 N–H and O–H groups in total. The van der Waals surface area contributed by atoms with Crippen molar-refractivity contribution in [1.29, 1.82) is 0 Å². The normalized spacial score (nSPS) is 19.8. The number of halogens is 1. The summed E-state index contributed by atoms with van der Waals surface area (Å²) in [6.45, 7) is 1.94. The number of Topliss-reactive ketones (excluding diaryl/α,β-unsaturated/α-hetero) is 1. The fraction of sp³-hybridized carbons (Fsp3) is 0.172. The van der Waals surface area contributed by atoms with Gasteiger partial charge in [0, 0.05) is 12.0 Å². The first-order chi connectivity index (χ1) is 18.7. The van der Waals surface area contributed by atoms with Crippen molar-refractivity contribution in [2.75, 3.05) is 12.0 Å². The number of aliphatic hydroxyl groups is 1. The van der Waals surface area contributed by atoms with Gasteiger partial charge in [-0.3, -0.25) is 14.5 Å². The molecule has 0 aliphatic carbocycles. The summed E-state index contributed by atoms with van der Waals surface area (Å²) in [6, 6.07) is 14.3. The Morgan fingerprint density at radius 3 is 2.59 bits per heavy atom. The number of fused-ring (bicyclic) bond motifs is 2. The van der Waals surface area contributed by atoms with Gasteiger partial charge < -0.3 is 14.6 Å². The lowest BCUT2D eigenvalue weighted by molar-refractivity contribution is -0.132. The Balaban J connectivity index is 1.52. The van der Waals surface area contributed by atoms with E-state index in [2.05, 4.69) is 4.98 Å². The molecule has 0 bridgehead atoms. The Morgan fingerprint density at radius 1 is 1.10 bits per heavy atom. The molecule has 4 aromatic rings. The molecular formula is C29H21FN2O6S. The molecule has 196 valence electrons. The summed E-state index contributed by atoms with van der Waals surface area (Å²) in [5.41, 5.74) is 2.34. The molecule has 39 heavy (non-hydrogen) atoms. The summed E-state index contributed by atoms with van der Waals surface area (Å²) in [5, 5.41) is 11.6. The quantitative estimate of drug-likeness (QED) is 0.164. The highest BCUT2D eigenvalue weighted by atomic mass is 32.1. The molecule has 8 nitrogen and oxygen atoms in total. The van der Waals surface area contributed by atoms with Gasteiger partial charge in [-0.25, -0.2) is 14.2 Å². The molecule has 0 saturated carbocycles. The number of aliphatic hydroxyl groups excluding tert-OH is 1. The highest BCUT2D eigenvalue weighted by molar-refractivity contribution is 7.22. The van der Waals surface area contributed by atoms with Gasteiger partial charge in [0.25, 0.3) is 5.78 Å². The van der Waals surface area contributed by atoms with Gasteiger partial charge in [-0.1, -0.05) is 23.5 Å². The maximum atomic E-state index is 13.9. The average molecular weight is 545 g/mol. The van der Waals surface area contributed by atoms with E-state index in [1.54, 1.807) is 30.3 Å². The summed E-state index contributed by atoms with van der Waals surface area (Å²) in [7, 11) is 1.27. The number of ether oxygens (including phenoxy) is 2. The summed E-state index contributed by atoms with van der Waals surface area (Å²) in [4.78, 5) is 44.6. The van der Waals surface area contributed by atoms with Crippen molar-refractivity contribution in [2.45, 2.75) is 25.5 Å². The molecule has 2 atom stereocenters. The molecule has 3 heterocycles. The van der Waals surface area contributed by atoms with Crippen molar-refractivity contribution in [3.05, 3.63) is 94.3 Å². The van der Waals surface area contributed by atoms with E-state index in [0.717, 1.165) is 16.9 Å². The summed E-state index contributed by atoms with van der Waals surface area (Å²) >= 11 is 1.06. The van der Waals surface area contributed by atoms with Crippen molar-refractivity contribution >= 4 is 50.1 Å². The van der Waals surface area contributed by atoms with Gasteiger partial charge in [-0.15, -0.1) is 0 Å². The van der Waals surface area contributed by atoms with Crippen LogP contribution >= 0.6 is 11.3 Å². The van der Waals surface area contributed by atoms with E-state index in [-0.39, 0.29) is 28.1 Å². The van der Waals surface area contributed by atoms with Gasteiger partial charge >= 0.3 is 11.9 Å². The third kappa shape index (κ3) is 4.13. The van der Waals surface area contributed by atoms with Crippen LogP contribution in [0.3, 0.4) is 0 Å². The average Bonchev–Trinajstić information content (AvgIpc) is 3.59. The number of esters is 1. The Morgan fingerprint density at radius 2 is 1.85 bits per heavy atom. The molecule has 2 aliphatic rings. The summed E-state index contributed by atoms with van der Waals surface area (Å²) < 4.78 is 24.9. The molecule has 0 spiro atoms. The minimum absolute atomic E-state index is 0.0137. The second kappa shape index (κ2) is 9.32. The number of carbonyl (C=O) groups is 3. The van der Waals surface area contributed by atoms with Gasteiger partial charge in [0.2, 0.25) is 0 Å². The number of hydrogen-bond acceptors (Lipinski definition) is 8. The van der Waals surface area contributed by atoms with E-state index in [1.165, 1.54) is 42.3 Å². The number of ketones is 1. The van der Waals surface area contributed by atoms with Gasteiger partial charge in [-0.05, 0) is 66.6 Å². The second-order valence-electron chi connectivity index (χ2n) is 9.35. The monoisotopic (exact) mass is 544 g/mol. The van der Waals surface area contributed by atoms with E-state index < -0.39 is 29.5 Å². The zero-order valence-electron chi connectivity index (χ0n) is 20.8. The van der Waals surface area contributed by atoms with E-state index in [9.17, 15) is 23.9 Å². The SMILES string of the molecule is COC(=O)c1ccc([C@H]2/C(=C(\O)c3ccc4c(c3)C[C@@H](C)O4)C(=O)C(=O)N2c2nc3ccc(F)cc3s2)cc1. The third-order valence-corrected chi connectivity index (χ3v) is 7.82. The fourth-order valence-electron chi connectivity index (χ4n) is 4.98. The number of aromatic nitrogens is 1. The van der Waals surface area contributed by atoms with Crippen molar-refractivity contribution in [3.8, 4) is 5.75 Å². The second-order valence-corrected chi connectivity index (χ2v) is 10.4. The first-order valence-electron chi connectivity index (χ1n) is 12.1. The maximum Gasteiger partial charge on any atom is 0.337 e. The number of nitrogens with zero attached hydrogens (tertiary/aromatic N) is 2. The number of benzene rings is 3. The molecule has 10 heteroatoms. The molecule has 1 aromatic heterocycles. The van der Waals surface area contributed by atoms with Crippen LogP contribution in [0, 0.1) is 5.82 Å². The standard InChI is InChI=1S/C29H21FN2O6S/c1-14-11-18-12-17(7-10-21(18)38-14)25(33)23-24(15-3-5-16(6-4-15)28(36)37-2)32(27(35)26(23)34)29-31-20-9-8-19(30)13-22(20)39-29/h3-10,12-14,24,33H,11H2,1-2H3/b25-23+/t14-,24+/m1/s1. The predicted octanol–water partition coefficient (Wildman–Crippen LogP) is 5.17. The van der Waals surface area contributed by atoms with Crippen LogP contribution in [-0.2, 0) is 20.7 Å². The number of thiazole rings is 1. The van der Waals surface area contributed by atoms with Crippen LogP contribution < -0.4 is 9.64 Å². The lowest BCUT2D eigenvalue weighted by Crippen LogP contribution is -2.29. The minimum Gasteiger partial charge on any atom is -0.507 e. The number of amides is 1. The number of rotatable bonds is 4. The third-order valence-electron chi connectivity index (χ3n) is 6.81. The highest BCUT2D eigenvalue weighted by Gasteiger charge is 2.48. The Bertz CT molecular complexity index is 1710. The molecule has 2 aliphatic heterocycles. The summed E-state index contributed by atoms with van der Waals surface area (Å²) in [6.07, 6.45) is 0.631. The first kappa shape index (κ1) is 24.7. The van der Waals surface area contributed by atoms with Crippen LogP contribution in [-0.4, -0.2) is 41.0 Å². The van der Waals surface area contributed by atoms with Crippen LogP contribution in [0.2, 0.25) is 0 Å². The number of anilines is 1. The molecule has 1 saturated heterocycles. The number of methoxy groups -OCH3 is 1. The molecule has 1 fully saturated rings. The van der Waals surface area contributed by atoms with Gasteiger partial charge in [0.1, 0.15) is 23.4 Å². The van der Waals surface area contributed by atoms with Crippen LogP contribution in [0.5, 0.6) is 5.75 Å². The smallest absolute Gasteiger partial charge is 0.337 e. The van der Waals surface area contributed by atoms with Crippen LogP contribution in [0.25, 0.3) is 16.0 Å². The predicted molar refractivity (Wildman–Crippen MR) is 142 cm³/mol. The van der Waals surface area contributed by atoms with E-state index in [0.29, 0.717) is 33.5 Å². The van der Waals surface area contributed by atoms with Gasteiger partial charge in [0.15, 0.2) is 5.13 Å². The van der Waals surface area contributed by atoms with Crippen molar-refractivity contribution in [3.63, 3.8) is 0 Å². The molecule has 1 amide bonds. The van der Waals surface area contributed by atoms with E-state index >= 15 is 0 Å². The van der Waals surface area contributed by atoms with Crippen molar-refractivity contribution in [1.82, 2.24) is 4.98 Å². The number of hydrogen-bond donors (Lipinski definition) is 1. The van der Waals surface area contributed by atoms with Crippen LogP contribution in [0.4, 0.5) is 9.52 Å². The Hall–Kier alpha value is -4.57. The molecule has 0 radical (unpaired) electrons. The Labute approximate surface area is 225 Å².